The van der Waals surface area contributed by atoms with Crippen LogP contribution < -0.4 is 15.4 Å². The van der Waals surface area contributed by atoms with Crippen LogP contribution in [0.4, 0.5) is 5.69 Å². The van der Waals surface area contributed by atoms with Crippen molar-refractivity contribution in [1.82, 2.24) is 0 Å². The Bertz CT molecular complexity index is 1240. The number of nitrogens with two attached hydrogens (primary N) is 1. The second-order valence-corrected chi connectivity index (χ2v) is 8.20. The molecular formula is C23H20N4O4S. The summed E-state index contributed by atoms with van der Waals surface area (Å²) in [5.74, 6) is 0.0273. The van der Waals surface area contributed by atoms with E-state index in [9.17, 15) is 14.7 Å². The van der Waals surface area contributed by atoms with Crippen LogP contribution in [-0.4, -0.2) is 40.7 Å². The van der Waals surface area contributed by atoms with Gasteiger partial charge in [0.1, 0.15) is 16.7 Å². The van der Waals surface area contributed by atoms with Gasteiger partial charge in [-0.2, -0.15) is 5.10 Å². The van der Waals surface area contributed by atoms with Crippen LogP contribution in [0.1, 0.15) is 12.0 Å². The predicted octanol–water partition coefficient (Wildman–Crippen LogP) is 3.27. The van der Waals surface area contributed by atoms with Crippen molar-refractivity contribution < 1.29 is 19.4 Å². The highest BCUT2D eigenvalue weighted by Gasteiger charge is 2.40. The van der Waals surface area contributed by atoms with Crippen molar-refractivity contribution in [3.63, 3.8) is 0 Å². The molecule has 4 rings (SSSR count). The summed E-state index contributed by atoms with van der Waals surface area (Å²) in [4.78, 5) is 26.3. The van der Waals surface area contributed by atoms with E-state index in [1.165, 1.54) is 6.21 Å². The van der Waals surface area contributed by atoms with E-state index >= 15 is 0 Å². The molecule has 3 N–H and O–H groups in total. The normalized spacial score (nSPS) is 17.0. The van der Waals surface area contributed by atoms with Crippen molar-refractivity contribution in [1.29, 1.82) is 0 Å². The Hall–Kier alpha value is -3.85. The monoisotopic (exact) mass is 448 g/mol. The number of rotatable bonds is 5. The summed E-state index contributed by atoms with van der Waals surface area (Å²) in [5.41, 5.74) is 6.93. The molecule has 8 nitrogen and oxygen atoms in total. The first-order chi connectivity index (χ1) is 15.5. The van der Waals surface area contributed by atoms with E-state index in [4.69, 9.17) is 10.5 Å². The van der Waals surface area contributed by atoms with Gasteiger partial charge in [0.15, 0.2) is 5.17 Å². The van der Waals surface area contributed by atoms with Gasteiger partial charge >= 0.3 is 0 Å². The second-order valence-electron chi connectivity index (χ2n) is 6.98. The minimum Gasteiger partial charge on any atom is -0.507 e. The maximum Gasteiger partial charge on any atom is 0.247 e. The van der Waals surface area contributed by atoms with Crippen molar-refractivity contribution in [2.45, 2.75) is 11.7 Å². The predicted molar refractivity (Wildman–Crippen MR) is 126 cm³/mol. The van der Waals surface area contributed by atoms with Gasteiger partial charge in [-0.15, -0.1) is 5.10 Å². The van der Waals surface area contributed by atoms with Gasteiger partial charge in [0, 0.05) is 12.0 Å². The first-order valence-corrected chi connectivity index (χ1v) is 10.6. The van der Waals surface area contributed by atoms with E-state index in [2.05, 4.69) is 10.2 Å². The summed E-state index contributed by atoms with van der Waals surface area (Å²) in [6.45, 7) is 0. The molecular weight excluding hydrogens is 428 g/mol. The molecule has 0 spiro atoms. The minimum absolute atomic E-state index is 0.0135. The van der Waals surface area contributed by atoms with E-state index in [0.717, 1.165) is 27.4 Å². The Kier molecular flexibility index (Phi) is 6.09. The summed E-state index contributed by atoms with van der Waals surface area (Å²) < 4.78 is 5.11. The number of fused-ring (bicyclic) bond motifs is 1. The Morgan fingerprint density at radius 1 is 1.16 bits per heavy atom. The fourth-order valence-corrected chi connectivity index (χ4v) is 4.25. The van der Waals surface area contributed by atoms with Gasteiger partial charge in [-0.25, -0.2) is 4.90 Å². The van der Waals surface area contributed by atoms with Crippen LogP contribution in [0.15, 0.2) is 70.9 Å². The minimum atomic E-state index is -0.686. The van der Waals surface area contributed by atoms with Crippen molar-refractivity contribution in [2.24, 2.45) is 15.9 Å². The number of anilines is 1. The van der Waals surface area contributed by atoms with Crippen molar-refractivity contribution in [2.75, 3.05) is 12.0 Å². The number of ether oxygens (including phenoxy) is 1. The van der Waals surface area contributed by atoms with Crippen molar-refractivity contribution >= 4 is 51.4 Å². The number of hydrogen-bond acceptors (Lipinski definition) is 7. The average Bonchev–Trinajstić information content (AvgIpc) is 3.08. The maximum absolute atomic E-state index is 12.8. The lowest BCUT2D eigenvalue weighted by atomic mass is 10.0. The van der Waals surface area contributed by atoms with E-state index < -0.39 is 5.25 Å². The molecule has 1 saturated heterocycles. The van der Waals surface area contributed by atoms with Gasteiger partial charge in [-0.1, -0.05) is 42.1 Å². The number of carbonyl (C=O) groups excluding carboxylic acids is 2. The van der Waals surface area contributed by atoms with Crippen LogP contribution in [-0.2, 0) is 9.59 Å². The zero-order valence-electron chi connectivity index (χ0n) is 17.1. The van der Waals surface area contributed by atoms with Gasteiger partial charge in [0.05, 0.1) is 19.0 Å². The number of hydrogen-bond donors (Lipinski definition) is 2. The summed E-state index contributed by atoms with van der Waals surface area (Å²) >= 11 is 0.983. The molecule has 0 unspecified atom stereocenters. The van der Waals surface area contributed by atoms with Crippen LogP contribution in [0, 0.1) is 0 Å². The van der Waals surface area contributed by atoms with Crippen molar-refractivity contribution in [3.05, 3.63) is 66.2 Å². The molecule has 3 aromatic rings. The summed E-state index contributed by atoms with van der Waals surface area (Å²) in [6, 6.07) is 17.6. The molecule has 1 fully saturated rings. The van der Waals surface area contributed by atoms with E-state index in [-0.39, 0.29) is 29.2 Å². The third-order valence-electron chi connectivity index (χ3n) is 4.99. The standard InChI is InChI=1S/C23H20N4O4S/c1-31-16-9-7-15(8-10-16)27-21(29)12-20(22(27)30)32-23(24)26-25-13-18-17-5-3-2-4-14(17)6-11-19(18)28/h2-11,13,20,28H,12H2,1H3,(H2,24,26)/t20-/m1/s1. The topological polar surface area (TPSA) is 118 Å². The molecule has 0 saturated carbocycles. The molecule has 1 heterocycles. The number of amidine groups is 1. The van der Waals surface area contributed by atoms with Gasteiger partial charge < -0.3 is 15.6 Å². The van der Waals surface area contributed by atoms with Gasteiger partial charge in [0.25, 0.3) is 0 Å². The second kappa shape index (κ2) is 9.11. The number of benzene rings is 3. The van der Waals surface area contributed by atoms with E-state index in [1.807, 2.05) is 30.3 Å². The number of aromatic hydroxyl groups is 1. The number of nitrogens with zero attached hydrogens (tertiary/aromatic N) is 3. The average molecular weight is 449 g/mol. The molecule has 162 valence electrons. The van der Waals surface area contributed by atoms with Crippen LogP contribution in [0.2, 0.25) is 0 Å². The Morgan fingerprint density at radius 3 is 2.66 bits per heavy atom. The number of amides is 2. The number of phenols is 1. The number of phenolic OH excluding ortho intramolecular Hbond substituents is 1. The first-order valence-electron chi connectivity index (χ1n) is 9.72. The quantitative estimate of drug-likeness (QED) is 0.268. The third-order valence-corrected chi connectivity index (χ3v) is 5.97. The Balaban J connectivity index is 1.47. The smallest absolute Gasteiger partial charge is 0.247 e. The summed E-state index contributed by atoms with van der Waals surface area (Å²) in [7, 11) is 1.54. The molecule has 0 bridgehead atoms. The molecule has 1 atom stereocenters. The van der Waals surface area contributed by atoms with E-state index in [0.29, 0.717) is 17.0 Å². The number of carbonyl (C=O) groups is 2. The van der Waals surface area contributed by atoms with Crippen LogP contribution in [0.3, 0.4) is 0 Å². The highest BCUT2D eigenvalue weighted by atomic mass is 32.2. The van der Waals surface area contributed by atoms with Crippen LogP contribution in [0.25, 0.3) is 10.8 Å². The van der Waals surface area contributed by atoms with E-state index in [1.54, 1.807) is 37.4 Å². The third kappa shape index (κ3) is 4.28. The molecule has 0 radical (unpaired) electrons. The zero-order valence-corrected chi connectivity index (χ0v) is 18.0. The molecule has 9 heteroatoms. The summed E-state index contributed by atoms with van der Waals surface area (Å²) in [5, 5.41) is 19.2. The SMILES string of the molecule is COc1ccc(N2C(=O)C[C@@H](SC(N)=NN=Cc3c(O)ccc4ccccc34)C2=O)cc1. The molecule has 0 aliphatic carbocycles. The summed E-state index contributed by atoms with van der Waals surface area (Å²) in [6.07, 6.45) is 1.43. The van der Waals surface area contributed by atoms with Gasteiger partial charge in [-0.3, -0.25) is 9.59 Å². The molecule has 1 aliphatic heterocycles. The Morgan fingerprint density at radius 2 is 1.91 bits per heavy atom. The molecule has 2 amide bonds. The first kappa shape index (κ1) is 21.4. The lowest BCUT2D eigenvalue weighted by Gasteiger charge is -2.15. The number of imide groups is 1. The lowest BCUT2D eigenvalue weighted by Crippen LogP contribution is -2.31. The van der Waals surface area contributed by atoms with Crippen LogP contribution >= 0.6 is 11.8 Å². The van der Waals surface area contributed by atoms with Crippen molar-refractivity contribution in [3.8, 4) is 11.5 Å². The highest BCUT2D eigenvalue weighted by Crippen LogP contribution is 2.31. The number of methoxy groups -OCH3 is 1. The zero-order chi connectivity index (χ0) is 22.7. The highest BCUT2D eigenvalue weighted by molar-refractivity contribution is 8.14. The Labute approximate surface area is 188 Å². The molecule has 32 heavy (non-hydrogen) atoms. The fraction of sp³-hybridized carbons (Fsp3) is 0.130. The van der Waals surface area contributed by atoms with Gasteiger partial charge in [0.2, 0.25) is 11.8 Å². The maximum atomic E-state index is 12.8. The fourth-order valence-electron chi connectivity index (χ4n) is 3.43. The molecule has 0 aromatic heterocycles. The van der Waals surface area contributed by atoms with Gasteiger partial charge in [-0.05, 0) is 41.1 Å². The number of thioether (sulfide) groups is 1. The van der Waals surface area contributed by atoms with Crippen LogP contribution in [0.5, 0.6) is 11.5 Å². The molecule has 3 aromatic carbocycles. The lowest BCUT2D eigenvalue weighted by molar-refractivity contribution is -0.121. The largest absolute Gasteiger partial charge is 0.507 e. The molecule has 1 aliphatic rings.